The van der Waals surface area contributed by atoms with Crippen molar-refractivity contribution in [2.45, 2.75) is 26.2 Å². The van der Waals surface area contributed by atoms with E-state index in [1.807, 2.05) is 31.2 Å². The van der Waals surface area contributed by atoms with Gasteiger partial charge in [-0.05, 0) is 38.1 Å². The number of benzene rings is 2. The lowest BCUT2D eigenvalue weighted by Gasteiger charge is -2.21. The number of carbonyl (C=O) groups is 2. The van der Waals surface area contributed by atoms with Crippen LogP contribution in [0.1, 0.15) is 34.0 Å². The fourth-order valence-electron chi connectivity index (χ4n) is 2.83. The monoisotopic (exact) mass is 401 g/mol. The smallest absolute Gasteiger partial charge is 0.338 e. The molecule has 1 aliphatic rings. The number of hydrogen-bond donors (Lipinski definition) is 1. The Hall–Kier alpha value is -2.51. The first-order valence-corrected chi connectivity index (χ1v) is 10.2. The van der Waals surface area contributed by atoms with E-state index in [2.05, 4.69) is 5.32 Å². The molecular formula is C21H23NO5S. The lowest BCUT2D eigenvalue weighted by Crippen LogP contribution is -2.16. The number of esters is 1. The van der Waals surface area contributed by atoms with Crippen LogP contribution >= 0.6 is 11.8 Å². The molecular weight excluding hydrogens is 378 g/mol. The van der Waals surface area contributed by atoms with Gasteiger partial charge in [0, 0.05) is 22.6 Å². The van der Waals surface area contributed by atoms with Crippen LogP contribution < -0.4 is 10.1 Å². The highest BCUT2D eigenvalue weighted by Gasteiger charge is 2.20. The van der Waals surface area contributed by atoms with Crippen LogP contribution in [-0.4, -0.2) is 31.0 Å². The fraction of sp³-hybridized carbons (Fsp3) is 0.333. The van der Waals surface area contributed by atoms with E-state index in [-0.39, 0.29) is 18.7 Å². The zero-order chi connectivity index (χ0) is 19.9. The average Bonchev–Trinajstić information content (AvgIpc) is 2.69. The SMILES string of the molecule is CCOC(=O)c1cc2c(c(CSCC(=O)Nc3ccc(C)cc3)c1)OCOC2. The van der Waals surface area contributed by atoms with Gasteiger partial charge in [-0.2, -0.15) is 0 Å². The highest BCUT2D eigenvalue weighted by molar-refractivity contribution is 7.99. The molecule has 0 bridgehead atoms. The molecule has 1 aliphatic heterocycles. The topological polar surface area (TPSA) is 73.9 Å². The summed E-state index contributed by atoms with van der Waals surface area (Å²) in [6.07, 6.45) is 0. The quantitative estimate of drug-likeness (QED) is 0.709. The van der Waals surface area contributed by atoms with Gasteiger partial charge in [-0.3, -0.25) is 4.79 Å². The number of ether oxygens (including phenoxy) is 3. The molecule has 3 rings (SSSR count). The van der Waals surface area contributed by atoms with Crippen molar-refractivity contribution in [2.75, 3.05) is 24.5 Å². The Labute approximate surface area is 168 Å². The van der Waals surface area contributed by atoms with Gasteiger partial charge in [0.05, 0.1) is 24.5 Å². The molecule has 0 aliphatic carbocycles. The van der Waals surface area contributed by atoms with E-state index in [4.69, 9.17) is 14.2 Å². The second-order valence-electron chi connectivity index (χ2n) is 6.36. The third kappa shape index (κ3) is 5.27. The minimum atomic E-state index is -0.376. The molecule has 2 aromatic carbocycles. The molecule has 1 amide bonds. The van der Waals surface area contributed by atoms with Crippen molar-refractivity contribution < 1.29 is 23.8 Å². The molecule has 1 heterocycles. The van der Waals surface area contributed by atoms with Gasteiger partial charge in [0.2, 0.25) is 5.91 Å². The Kier molecular flexibility index (Phi) is 6.95. The van der Waals surface area contributed by atoms with E-state index in [1.54, 1.807) is 19.1 Å². The van der Waals surface area contributed by atoms with Crippen LogP contribution in [0.5, 0.6) is 5.75 Å². The Morgan fingerprint density at radius 3 is 2.75 bits per heavy atom. The van der Waals surface area contributed by atoms with Crippen LogP contribution in [0.15, 0.2) is 36.4 Å². The van der Waals surface area contributed by atoms with Gasteiger partial charge in [0.1, 0.15) is 5.75 Å². The van der Waals surface area contributed by atoms with Crippen LogP contribution in [0.2, 0.25) is 0 Å². The molecule has 0 spiro atoms. The Morgan fingerprint density at radius 2 is 2.00 bits per heavy atom. The van der Waals surface area contributed by atoms with Crippen molar-refractivity contribution in [3.63, 3.8) is 0 Å². The fourth-order valence-corrected chi connectivity index (χ4v) is 3.62. The maximum atomic E-state index is 12.2. The van der Waals surface area contributed by atoms with Crippen molar-refractivity contribution in [3.8, 4) is 5.75 Å². The van der Waals surface area contributed by atoms with Crippen LogP contribution in [0.25, 0.3) is 0 Å². The van der Waals surface area contributed by atoms with Gasteiger partial charge in [-0.1, -0.05) is 17.7 Å². The van der Waals surface area contributed by atoms with Crippen LogP contribution in [0.3, 0.4) is 0 Å². The molecule has 2 aromatic rings. The Balaban J connectivity index is 1.64. The molecule has 0 unspecified atom stereocenters. The predicted octanol–water partition coefficient (Wildman–Crippen LogP) is 3.91. The molecule has 0 fully saturated rings. The van der Waals surface area contributed by atoms with Crippen molar-refractivity contribution in [1.82, 2.24) is 0 Å². The van der Waals surface area contributed by atoms with E-state index >= 15 is 0 Å². The largest absolute Gasteiger partial charge is 0.467 e. The number of thioether (sulfide) groups is 1. The van der Waals surface area contributed by atoms with Crippen LogP contribution in [0.4, 0.5) is 5.69 Å². The van der Waals surface area contributed by atoms with Gasteiger partial charge in [0.15, 0.2) is 6.79 Å². The van der Waals surface area contributed by atoms with Gasteiger partial charge in [-0.15, -0.1) is 11.8 Å². The first-order valence-electron chi connectivity index (χ1n) is 9.04. The minimum absolute atomic E-state index is 0.0754. The number of rotatable bonds is 7. The standard InChI is InChI=1S/C21H23NO5S/c1-3-26-21(24)15-8-16-10-25-13-27-20(16)17(9-15)11-28-12-19(23)22-18-6-4-14(2)5-7-18/h4-9H,3,10-13H2,1-2H3,(H,22,23). The lowest BCUT2D eigenvalue weighted by molar-refractivity contribution is -0.113. The average molecular weight is 401 g/mol. The van der Waals surface area contributed by atoms with E-state index in [0.29, 0.717) is 30.3 Å². The maximum absolute atomic E-state index is 12.2. The van der Waals surface area contributed by atoms with E-state index in [9.17, 15) is 9.59 Å². The Bertz CT molecular complexity index is 851. The van der Waals surface area contributed by atoms with E-state index in [0.717, 1.165) is 28.1 Å². The molecule has 0 aromatic heterocycles. The second-order valence-corrected chi connectivity index (χ2v) is 7.35. The summed E-state index contributed by atoms with van der Waals surface area (Å²) in [6, 6.07) is 11.2. The summed E-state index contributed by atoms with van der Waals surface area (Å²) in [4.78, 5) is 24.3. The number of anilines is 1. The molecule has 1 N–H and O–H groups in total. The minimum Gasteiger partial charge on any atom is -0.467 e. The zero-order valence-corrected chi connectivity index (χ0v) is 16.8. The van der Waals surface area contributed by atoms with Crippen molar-refractivity contribution in [2.24, 2.45) is 0 Å². The molecule has 0 saturated carbocycles. The number of hydrogen-bond acceptors (Lipinski definition) is 6. The van der Waals surface area contributed by atoms with Gasteiger partial charge < -0.3 is 19.5 Å². The number of amides is 1. The number of carbonyl (C=O) groups excluding carboxylic acids is 2. The summed E-state index contributed by atoms with van der Waals surface area (Å²) < 4.78 is 16.0. The van der Waals surface area contributed by atoms with Gasteiger partial charge in [-0.25, -0.2) is 4.79 Å². The summed E-state index contributed by atoms with van der Waals surface area (Å²) in [6.45, 7) is 4.64. The normalized spacial score (nSPS) is 12.6. The summed E-state index contributed by atoms with van der Waals surface area (Å²) in [7, 11) is 0. The molecule has 7 heteroatoms. The van der Waals surface area contributed by atoms with Gasteiger partial charge >= 0.3 is 5.97 Å². The second kappa shape index (κ2) is 9.61. The Morgan fingerprint density at radius 1 is 1.21 bits per heavy atom. The summed E-state index contributed by atoms with van der Waals surface area (Å²) in [5, 5.41) is 2.88. The van der Waals surface area contributed by atoms with Crippen LogP contribution in [0, 0.1) is 6.92 Å². The summed E-state index contributed by atoms with van der Waals surface area (Å²) in [5.41, 5.74) is 4.06. The predicted molar refractivity (Wildman–Crippen MR) is 109 cm³/mol. The molecule has 0 radical (unpaired) electrons. The highest BCUT2D eigenvalue weighted by atomic mass is 32.2. The molecule has 0 atom stereocenters. The third-order valence-corrected chi connectivity index (χ3v) is 5.11. The number of fused-ring (bicyclic) bond motifs is 1. The third-order valence-electron chi connectivity index (χ3n) is 4.12. The first kappa shape index (κ1) is 20.2. The lowest BCUT2D eigenvalue weighted by atomic mass is 10.0. The number of nitrogens with one attached hydrogen (secondary N) is 1. The molecule has 0 saturated heterocycles. The maximum Gasteiger partial charge on any atom is 0.338 e. The zero-order valence-electron chi connectivity index (χ0n) is 15.9. The highest BCUT2D eigenvalue weighted by Crippen LogP contribution is 2.32. The molecule has 28 heavy (non-hydrogen) atoms. The van der Waals surface area contributed by atoms with Crippen LogP contribution in [-0.2, 0) is 26.6 Å². The van der Waals surface area contributed by atoms with E-state index in [1.165, 1.54) is 11.8 Å². The summed E-state index contributed by atoms with van der Waals surface area (Å²) >= 11 is 1.46. The summed E-state index contributed by atoms with van der Waals surface area (Å²) in [5.74, 6) is 1.11. The van der Waals surface area contributed by atoms with Gasteiger partial charge in [0.25, 0.3) is 0 Å². The number of aryl methyl sites for hydroxylation is 1. The van der Waals surface area contributed by atoms with Crippen molar-refractivity contribution >= 4 is 29.3 Å². The molecule has 148 valence electrons. The first-order chi connectivity index (χ1) is 13.6. The van der Waals surface area contributed by atoms with Crippen molar-refractivity contribution in [3.05, 3.63) is 58.7 Å². The van der Waals surface area contributed by atoms with Crippen molar-refractivity contribution in [1.29, 1.82) is 0 Å². The van der Waals surface area contributed by atoms with E-state index < -0.39 is 0 Å². The molecule has 6 nitrogen and oxygen atoms in total.